The van der Waals surface area contributed by atoms with Crippen LogP contribution in [0.5, 0.6) is 5.75 Å². The van der Waals surface area contributed by atoms with Gasteiger partial charge in [0, 0.05) is 31.5 Å². The molecule has 190 valence electrons. The molecule has 0 radical (unpaired) electrons. The number of ether oxygens (including phenoxy) is 1. The standard InChI is InChI=1S/C29H30FN5O2/c1-34(2)22-14-11-21(12-15-22)31-29(36)35-23-13-8-19(16-23)27(35)28-32-24-4-3-5-25(26(24)33-28)37-17-18-6-9-20(30)10-7-18/h3-7,9-12,14-15,19,23,27H,8,13,16-17H2,1-2H3,(H,31,36)(H,32,33)/t19-,23+,27-/m0/s1. The first-order valence-electron chi connectivity index (χ1n) is 12.7. The van der Waals surface area contributed by atoms with Crippen LogP contribution in [0.2, 0.25) is 0 Å². The van der Waals surface area contributed by atoms with Crippen LogP contribution in [0.4, 0.5) is 20.6 Å². The van der Waals surface area contributed by atoms with Crippen LogP contribution >= 0.6 is 0 Å². The van der Waals surface area contributed by atoms with Crippen LogP contribution in [0.15, 0.2) is 66.7 Å². The molecule has 1 aromatic heterocycles. The minimum absolute atomic E-state index is 0.0944. The fraction of sp³-hybridized carbons (Fsp3) is 0.310. The number of benzene rings is 3. The van der Waals surface area contributed by atoms with Gasteiger partial charge in [-0.2, -0.15) is 0 Å². The topological polar surface area (TPSA) is 73.5 Å². The molecule has 3 atom stereocenters. The quantitative estimate of drug-likeness (QED) is 0.336. The Balaban J connectivity index is 1.24. The van der Waals surface area contributed by atoms with Gasteiger partial charge in [-0.3, -0.25) is 0 Å². The second-order valence-corrected chi connectivity index (χ2v) is 10.1. The normalized spacial score (nSPS) is 20.4. The van der Waals surface area contributed by atoms with Crippen molar-refractivity contribution in [3.63, 3.8) is 0 Å². The molecule has 1 saturated carbocycles. The highest BCUT2D eigenvalue weighted by Gasteiger charge is 2.50. The Hall–Kier alpha value is -4.07. The molecular weight excluding hydrogens is 469 g/mol. The number of piperidine rings is 1. The summed E-state index contributed by atoms with van der Waals surface area (Å²) in [6, 6.07) is 19.9. The maximum absolute atomic E-state index is 13.5. The maximum Gasteiger partial charge on any atom is 0.322 e. The molecular formula is C29H30FN5O2. The van der Waals surface area contributed by atoms with Crippen molar-refractivity contribution in [2.45, 2.75) is 38.0 Å². The number of H-pyrrole nitrogens is 1. The molecule has 1 aliphatic carbocycles. The van der Waals surface area contributed by atoms with Crippen molar-refractivity contribution >= 4 is 28.4 Å². The molecule has 7 nitrogen and oxygen atoms in total. The van der Waals surface area contributed by atoms with Crippen molar-refractivity contribution in [1.82, 2.24) is 14.9 Å². The van der Waals surface area contributed by atoms with Gasteiger partial charge in [-0.1, -0.05) is 18.2 Å². The number of hydrogen-bond acceptors (Lipinski definition) is 4. The lowest BCUT2D eigenvalue weighted by atomic mass is 9.98. The summed E-state index contributed by atoms with van der Waals surface area (Å²) in [5.74, 6) is 1.55. The number of nitrogens with zero attached hydrogens (tertiary/aromatic N) is 3. The highest BCUT2D eigenvalue weighted by atomic mass is 19.1. The highest BCUT2D eigenvalue weighted by molar-refractivity contribution is 5.90. The largest absolute Gasteiger partial charge is 0.487 e. The Kier molecular flexibility index (Phi) is 5.94. The van der Waals surface area contributed by atoms with Gasteiger partial charge in [0.05, 0.1) is 11.6 Å². The van der Waals surface area contributed by atoms with Gasteiger partial charge in [0.25, 0.3) is 0 Å². The van der Waals surface area contributed by atoms with Gasteiger partial charge in [0.1, 0.15) is 29.5 Å². The first-order chi connectivity index (χ1) is 18.0. The van der Waals surface area contributed by atoms with Gasteiger partial charge in [-0.25, -0.2) is 14.2 Å². The minimum Gasteiger partial charge on any atom is -0.487 e. The molecule has 6 rings (SSSR count). The number of urea groups is 1. The van der Waals surface area contributed by atoms with Crippen molar-refractivity contribution in [2.24, 2.45) is 5.92 Å². The molecule has 3 aromatic carbocycles. The molecule has 2 amide bonds. The molecule has 2 N–H and O–H groups in total. The van der Waals surface area contributed by atoms with E-state index in [1.165, 1.54) is 12.1 Å². The van der Waals surface area contributed by atoms with Gasteiger partial charge in [-0.05, 0) is 79.3 Å². The highest BCUT2D eigenvalue weighted by Crippen LogP contribution is 2.50. The number of anilines is 2. The fourth-order valence-electron chi connectivity index (χ4n) is 5.69. The van der Waals surface area contributed by atoms with Crippen molar-refractivity contribution in [3.8, 4) is 5.75 Å². The molecule has 1 saturated heterocycles. The van der Waals surface area contributed by atoms with Crippen molar-refractivity contribution < 1.29 is 13.9 Å². The first kappa shape index (κ1) is 23.3. The van der Waals surface area contributed by atoms with E-state index in [9.17, 15) is 9.18 Å². The van der Waals surface area contributed by atoms with Crippen LogP contribution < -0.4 is 15.0 Å². The van der Waals surface area contributed by atoms with E-state index in [0.717, 1.165) is 53.1 Å². The van der Waals surface area contributed by atoms with Crippen LogP contribution in [0.25, 0.3) is 11.0 Å². The molecule has 1 aliphatic heterocycles. The molecule has 0 unspecified atom stereocenters. The molecule has 2 bridgehead atoms. The van der Waals surface area contributed by atoms with Crippen molar-refractivity contribution in [1.29, 1.82) is 0 Å². The third-order valence-electron chi connectivity index (χ3n) is 7.54. The van der Waals surface area contributed by atoms with E-state index in [2.05, 4.69) is 10.3 Å². The number of halogens is 1. The van der Waals surface area contributed by atoms with Crippen LogP contribution in [0, 0.1) is 11.7 Å². The number of carbonyl (C=O) groups excluding carboxylic acids is 1. The second-order valence-electron chi connectivity index (χ2n) is 10.1. The Morgan fingerprint density at radius 2 is 1.89 bits per heavy atom. The number of para-hydroxylation sites is 1. The van der Waals surface area contributed by atoms with Crippen LogP contribution in [0.3, 0.4) is 0 Å². The fourth-order valence-corrected chi connectivity index (χ4v) is 5.69. The number of carbonyl (C=O) groups is 1. The van der Waals surface area contributed by atoms with E-state index in [1.54, 1.807) is 12.1 Å². The Morgan fingerprint density at radius 1 is 1.11 bits per heavy atom. The third kappa shape index (κ3) is 4.48. The maximum atomic E-state index is 13.5. The summed E-state index contributed by atoms with van der Waals surface area (Å²) in [4.78, 5) is 25.9. The zero-order chi connectivity index (χ0) is 25.5. The SMILES string of the molecule is CN(C)c1ccc(NC(=O)N2[C@@H]3CC[C@@H](C3)[C@H]2c2nc3c(OCc4ccc(F)cc4)cccc3[nH]2)cc1. The number of amides is 2. The average molecular weight is 500 g/mol. The average Bonchev–Trinajstić information content (AvgIpc) is 3.63. The predicted molar refractivity (Wildman–Crippen MR) is 142 cm³/mol. The molecule has 37 heavy (non-hydrogen) atoms. The van der Waals surface area contributed by atoms with Crippen LogP contribution in [-0.2, 0) is 6.61 Å². The second kappa shape index (κ2) is 9.42. The van der Waals surface area contributed by atoms with Gasteiger partial charge in [0.2, 0.25) is 0 Å². The summed E-state index contributed by atoms with van der Waals surface area (Å²) in [5, 5.41) is 3.10. The van der Waals surface area contributed by atoms with E-state index < -0.39 is 0 Å². The number of aromatic nitrogens is 2. The van der Waals surface area contributed by atoms with Crippen LogP contribution in [-0.4, -0.2) is 41.0 Å². The number of imidazole rings is 1. The van der Waals surface area contributed by atoms with Crippen molar-refractivity contribution in [2.75, 3.05) is 24.3 Å². The Labute approximate surface area is 215 Å². The molecule has 2 heterocycles. The van der Waals surface area contributed by atoms with Crippen LogP contribution in [0.1, 0.15) is 36.7 Å². The lowest BCUT2D eigenvalue weighted by Crippen LogP contribution is -2.43. The Bertz CT molecular complexity index is 1420. The molecule has 4 aromatic rings. The summed E-state index contributed by atoms with van der Waals surface area (Å²) >= 11 is 0. The molecule has 8 heteroatoms. The number of fused-ring (bicyclic) bond motifs is 3. The van der Waals surface area contributed by atoms with E-state index in [1.807, 2.05) is 66.4 Å². The number of hydrogen-bond donors (Lipinski definition) is 2. The van der Waals surface area contributed by atoms with E-state index >= 15 is 0 Å². The summed E-state index contributed by atoms with van der Waals surface area (Å²) in [6.07, 6.45) is 3.09. The summed E-state index contributed by atoms with van der Waals surface area (Å²) in [6.45, 7) is 0.316. The number of rotatable bonds is 6. The molecule has 2 fully saturated rings. The monoisotopic (exact) mass is 499 g/mol. The summed E-state index contributed by atoms with van der Waals surface area (Å²) < 4.78 is 19.3. The molecule has 2 aliphatic rings. The zero-order valence-electron chi connectivity index (χ0n) is 20.9. The van der Waals surface area contributed by atoms with Gasteiger partial charge >= 0.3 is 6.03 Å². The summed E-state index contributed by atoms with van der Waals surface area (Å²) in [7, 11) is 3.98. The van der Waals surface area contributed by atoms with E-state index in [-0.39, 0.29) is 23.9 Å². The number of nitrogens with one attached hydrogen (secondary N) is 2. The number of likely N-dealkylation sites (tertiary alicyclic amines) is 1. The van der Waals surface area contributed by atoms with Gasteiger partial charge in [0.15, 0.2) is 0 Å². The molecule has 0 spiro atoms. The first-order valence-corrected chi connectivity index (χ1v) is 12.7. The zero-order valence-corrected chi connectivity index (χ0v) is 20.9. The lowest BCUT2D eigenvalue weighted by molar-refractivity contribution is 0.154. The van der Waals surface area contributed by atoms with E-state index in [0.29, 0.717) is 18.3 Å². The van der Waals surface area contributed by atoms with Crippen molar-refractivity contribution in [3.05, 3.63) is 83.9 Å². The smallest absolute Gasteiger partial charge is 0.322 e. The summed E-state index contributed by atoms with van der Waals surface area (Å²) in [5.41, 5.74) is 4.34. The predicted octanol–water partition coefficient (Wildman–Crippen LogP) is 6.10. The lowest BCUT2D eigenvalue weighted by Gasteiger charge is -2.34. The third-order valence-corrected chi connectivity index (χ3v) is 7.54. The van der Waals surface area contributed by atoms with Gasteiger partial charge < -0.3 is 24.8 Å². The Morgan fingerprint density at radius 3 is 2.65 bits per heavy atom. The van der Waals surface area contributed by atoms with Gasteiger partial charge in [-0.15, -0.1) is 0 Å². The number of aromatic amines is 1. The van der Waals surface area contributed by atoms with E-state index in [4.69, 9.17) is 9.72 Å². The minimum atomic E-state index is -0.271.